The fraction of sp³-hybridized carbons (Fsp3) is 0.500. The molecule has 154 valence electrons. The minimum atomic E-state index is -0.212. The molecule has 1 amide bonds. The van der Waals surface area contributed by atoms with E-state index in [0.717, 1.165) is 58.8 Å². The van der Waals surface area contributed by atoms with Gasteiger partial charge in [0.2, 0.25) is 5.91 Å². The third-order valence-corrected chi connectivity index (χ3v) is 6.92. The lowest BCUT2D eigenvalue weighted by molar-refractivity contribution is -0.134. The topological polar surface area (TPSA) is 59.7 Å². The van der Waals surface area contributed by atoms with Crippen molar-refractivity contribution in [1.29, 1.82) is 0 Å². The molecule has 2 aromatic heterocycles. The number of carbonyl (C=O) groups is 1. The largest absolute Gasteiger partial charge is 0.497 e. The van der Waals surface area contributed by atoms with E-state index in [1.54, 1.807) is 7.11 Å². The molecule has 0 radical (unpaired) electrons. The Morgan fingerprint density at radius 3 is 2.90 bits per heavy atom. The molecule has 0 spiro atoms. The summed E-state index contributed by atoms with van der Waals surface area (Å²) < 4.78 is 7.46. The lowest BCUT2D eigenvalue weighted by Gasteiger charge is -2.36. The number of likely N-dealkylation sites (tertiary alicyclic amines) is 1. The number of methoxy groups -OCH3 is 1. The molecule has 29 heavy (non-hydrogen) atoms. The predicted octanol–water partition coefficient (Wildman–Crippen LogP) is 4.47. The van der Waals surface area contributed by atoms with E-state index in [9.17, 15) is 4.79 Å². The Hall–Kier alpha value is -2.28. The van der Waals surface area contributed by atoms with Gasteiger partial charge in [-0.15, -0.1) is 10.2 Å². The van der Waals surface area contributed by atoms with Gasteiger partial charge < -0.3 is 9.64 Å². The molecule has 0 N–H and O–H groups in total. The normalized spacial score (nSPS) is 18.3. The summed E-state index contributed by atoms with van der Waals surface area (Å²) in [5.74, 6) is 0.990. The van der Waals surface area contributed by atoms with Gasteiger partial charge in [0, 0.05) is 24.0 Å². The van der Waals surface area contributed by atoms with Crippen molar-refractivity contribution < 1.29 is 9.53 Å². The van der Waals surface area contributed by atoms with Gasteiger partial charge in [-0.3, -0.25) is 9.20 Å². The number of nitrogens with zero attached hydrogens (tertiary/aromatic N) is 4. The molecule has 2 unspecified atom stereocenters. The van der Waals surface area contributed by atoms with Crippen LogP contribution in [-0.4, -0.2) is 50.4 Å². The first-order chi connectivity index (χ1) is 14.0. The number of hydrogen-bond donors (Lipinski definition) is 0. The molecule has 6 nitrogen and oxygen atoms in total. The van der Waals surface area contributed by atoms with Crippen molar-refractivity contribution in [3.05, 3.63) is 29.8 Å². The van der Waals surface area contributed by atoms with E-state index in [1.165, 1.54) is 18.2 Å². The molecule has 3 heterocycles. The predicted molar refractivity (Wildman–Crippen MR) is 117 cm³/mol. The minimum absolute atomic E-state index is 0.201. The Kier molecular flexibility index (Phi) is 5.67. The standard InChI is InChI=1S/C22H28N4O2S/c1-5-16-8-6-7-11-25(16)21(27)15(3)29-22-24-23-20-12-14(2)18-10-9-17(28-4)13-19(18)26(20)22/h9-10,12-13,15-16H,5-8,11H2,1-4H3. The highest BCUT2D eigenvalue weighted by Gasteiger charge is 2.30. The lowest BCUT2D eigenvalue weighted by atomic mass is 10.00. The van der Waals surface area contributed by atoms with Crippen LogP contribution in [0.3, 0.4) is 0 Å². The zero-order valence-electron chi connectivity index (χ0n) is 17.5. The summed E-state index contributed by atoms with van der Waals surface area (Å²) in [6, 6.07) is 8.43. The highest BCUT2D eigenvalue weighted by atomic mass is 32.2. The van der Waals surface area contributed by atoms with Crippen LogP contribution in [0.25, 0.3) is 16.6 Å². The van der Waals surface area contributed by atoms with E-state index in [-0.39, 0.29) is 11.2 Å². The molecule has 1 aromatic carbocycles. The van der Waals surface area contributed by atoms with Crippen molar-refractivity contribution >= 4 is 34.2 Å². The molecule has 1 saturated heterocycles. The maximum atomic E-state index is 13.2. The first-order valence-corrected chi connectivity index (χ1v) is 11.2. The number of fused-ring (bicyclic) bond motifs is 3. The summed E-state index contributed by atoms with van der Waals surface area (Å²) in [5, 5.41) is 10.4. The number of pyridine rings is 1. The molecule has 4 rings (SSSR count). The van der Waals surface area contributed by atoms with E-state index in [4.69, 9.17) is 4.74 Å². The third kappa shape index (κ3) is 3.68. The number of ether oxygens (including phenoxy) is 1. The number of amides is 1. The Morgan fingerprint density at radius 2 is 2.14 bits per heavy atom. The fourth-order valence-electron chi connectivity index (χ4n) is 4.26. The molecule has 0 saturated carbocycles. The summed E-state index contributed by atoms with van der Waals surface area (Å²) in [4.78, 5) is 15.3. The molecule has 7 heteroatoms. The number of benzene rings is 1. The second-order valence-corrected chi connectivity index (χ2v) is 9.04. The van der Waals surface area contributed by atoms with Gasteiger partial charge in [-0.2, -0.15) is 0 Å². The summed E-state index contributed by atoms with van der Waals surface area (Å²) in [6.07, 6.45) is 4.43. The van der Waals surface area contributed by atoms with Crippen molar-refractivity contribution in [3.63, 3.8) is 0 Å². The number of hydrogen-bond acceptors (Lipinski definition) is 5. The number of thioether (sulfide) groups is 1. The smallest absolute Gasteiger partial charge is 0.236 e. The number of aryl methyl sites for hydroxylation is 1. The number of carbonyl (C=O) groups excluding carboxylic acids is 1. The van der Waals surface area contributed by atoms with Crippen LogP contribution in [-0.2, 0) is 4.79 Å². The monoisotopic (exact) mass is 412 g/mol. The van der Waals surface area contributed by atoms with Crippen LogP contribution in [0.1, 0.15) is 45.1 Å². The second kappa shape index (κ2) is 8.22. The molecule has 1 fully saturated rings. The first-order valence-electron chi connectivity index (χ1n) is 10.3. The van der Waals surface area contributed by atoms with Crippen molar-refractivity contribution in [2.24, 2.45) is 0 Å². The summed E-state index contributed by atoms with van der Waals surface area (Å²) in [7, 11) is 1.67. The Morgan fingerprint density at radius 1 is 1.31 bits per heavy atom. The average Bonchev–Trinajstić information content (AvgIpc) is 3.15. The maximum Gasteiger partial charge on any atom is 0.236 e. The number of aromatic nitrogens is 3. The van der Waals surface area contributed by atoms with Crippen LogP contribution in [0.15, 0.2) is 29.4 Å². The average molecular weight is 413 g/mol. The van der Waals surface area contributed by atoms with Crippen LogP contribution in [0, 0.1) is 6.92 Å². The van der Waals surface area contributed by atoms with E-state index in [0.29, 0.717) is 6.04 Å². The molecule has 1 aliphatic heterocycles. The molecule has 3 aromatic rings. The van der Waals surface area contributed by atoms with Crippen molar-refractivity contribution in [2.45, 2.75) is 62.9 Å². The first kappa shape index (κ1) is 20.0. The van der Waals surface area contributed by atoms with Gasteiger partial charge in [0.25, 0.3) is 0 Å². The van der Waals surface area contributed by atoms with E-state index in [1.807, 2.05) is 29.5 Å². The van der Waals surface area contributed by atoms with Crippen LogP contribution in [0.5, 0.6) is 5.75 Å². The number of piperidine rings is 1. The van der Waals surface area contributed by atoms with Gasteiger partial charge in [-0.1, -0.05) is 18.7 Å². The van der Waals surface area contributed by atoms with Crippen LogP contribution >= 0.6 is 11.8 Å². The Labute approximate surface area is 175 Å². The van der Waals surface area contributed by atoms with Crippen LogP contribution < -0.4 is 4.74 Å². The zero-order chi connectivity index (χ0) is 20.5. The van der Waals surface area contributed by atoms with Gasteiger partial charge in [-0.25, -0.2) is 0 Å². The van der Waals surface area contributed by atoms with Gasteiger partial charge in [-0.05, 0) is 63.3 Å². The van der Waals surface area contributed by atoms with Gasteiger partial charge in [0.05, 0.1) is 17.9 Å². The number of rotatable bonds is 5. The molecule has 1 aliphatic rings. The maximum absolute atomic E-state index is 13.2. The second-order valence-electron chi connectivity index (χ2n) is 7.74. The van der Waals surface area contributed by atoms with Gasteiger partial charge >= 0.3 is 0 Å². The van der Waals surface area contributed by atoms with Crippen LogP contribution in [0.2, 0.25) is 0 Å². The zero-order valence-corrected chi connectivity index (χ0v) is 18.3. The molecule has 2 atom stereocenters. The lowest BCUT2D eigenvalue weighted by Crippen LogP contribution is -2.46. The van der Waals surface area contributed by atoms with E-state index in [2.05, 4.69) is 35.0 Å². The Balaban J connectivity index is 1.69. The van der Waals surface area contributed by atoms with Gasteiger partial charge in [0.15, 0.2) is 10.8 Å². The van der Waals surface area contributed by atoms with Crippen molar-refractivity contribution in [1.82, 2.24) is 19.5 Å². The molecular formula is C22H28N4O2S. The summed E-state index contributed by atoms with van der Waals surface area (Å²) >= 11 is 1.49. The SMILES string of the molecule is CCC1CCCCN1C(=O)C(C)Sc1nnc2cc(C)c3ccc(OC)cc3n12. The third-order valence-electron chi connectivity index (χ3n) is 5.89. The van der Waals surface area contributed by atoms with E-state index < -0.39 is 0 Å². The van der Waals surface area contributed by atoms with Gasteiger partial charge in [0.1, 0.15) is 5.75 Å². The quantitative estimate of drug-likeness (QED) is 0.579. The van der Waals surface area contributed by atoms with Crippen LogP contribution in [0.4, 0.5) is 0 Å². The molecule has 0 bridgehead atoms. The molecular weight excluding hydrogens is 384 g/mol. The van der Waals surface area contributed by atoms with E-state index >= 15 is 0 Å². The molecule has 0 aliphatic carbocycles. The highest BCUT2D eigenvalue weighted by molar-refractivity contribution is 8.00. The summed E-state index contributed by atoms with van der Waals surface area (Å²) in [6.45, 7) is 7.08. The van der Waals surface area contributed by atoms with Crippen molar-refractivity contribution in [3.8, 4) is 5.75 Å². The fourth-order valence-corrected chi connectivity index (χ4v) is 5.20. The highest BCUT2D eigenvalue weighted by Crippen LogP contribution is 2.31. The summed E-state index contributed by atoms with van der Waals surface area (Å²) in [5.41, 5.74) is 2.92. The Bertz CT molecular complexity index is 1050. The minimum Gasteiger partial charge on any atom is -0.497 e. The van der Waals surface area contributed by atoms with Crippen molar-refractivity contribution in [2.75, 3.05) is 13.7 Å².